The molecular formula is C13H15ClN2O2S. The predicted octanol–water partition coefficient (Wildman–Crippen LogP) is 3.72. The molecule has 0 saturated heterocycles. The first kappa shape index (κ1) is 14.1. The Morgan fingerprint density at radius 3 is 2.74 bits per heavy atom. The minimum absolute atomic E-state index is 0.0365. The number of esters is 1. The van der Waals surface area contributed by atoms with Crippen molar-refractivity contribution in [2.24, 2.45) is 5.92 Å². The first-order valence-electron chi connectivity index (χ1n) is 5.94. The Kier molecular flexibility index (Phi) is 3.96. The van der Waals surface area contributed by atoms with E-state index in [4.69, 9.17) is 28.6 Å². The van der Waals surface area contributed by atoms with Gasteiger partial charge in [-0.1, -0.05) is 31.5 Å². The fourth-order valence-electron chi connectivity index (χ4n) is 2.20. The molecule has 0 radical (unpaired) electrons. The number of nitrogens with one attached hydrogen (secondary N) is 1. The Morgan fingerprint density at radius 2 is 2.16 bits per heavy atom. The summed E-state index contributed by atoms with van der Waals surface area (Å²) in [5.41, 5.74) is 1.55. The van der Waals surface area contributed by atoms with E-state index in [-0.39, 0.29) is 11.9 Å². The van der Waals surface area contributed by atoms with Gasteiger partial charge >= 0.3 is 5.97 Å². The first-order chi connectivity index (χ1) is 8.97. The third-order valence-corrected chi connectivity index (χ3v) is 3.64. The molecule has 0 bridgehead atoms. The van der Waals surface area contributed by atoms with Crippen molar-refractivity contribution in [1.82, 2.24) is 9.55 Å². The number of hydrogen-bond donors (Lipinski definition) is 1. The van der Waals surface area contributed by atoms with Crippen molar-refractivity contribution >= 4 is 40.8 Å². The van der Waals surface area contributed by atoms with Crippen molar-refractivity contribution in [2.75, 3.05) is 7.11 Å². The Morgan fingerprint density at radius 1 is 1.47 bits per heavy atom. The van der Waals surface area contributed by atoms with Crippen molar-refractivity contribution in [2.45, 2.75) is 19.9 Å². The number of ether oxygens (including phenoxy) is 1. The van der Waals surface area contributed by atoms with Crippen molar-refractivity contribution in [3.05, 3.63) is 28.0 Å². The predicted molar refractivity (Wildman–Crippen MR) is 78.0 cm³/mol. The smallest absolute Gasteiger partial charge is 0.329 e. The number of carbonyl (C=O) groups excluding carboxylic acids is 1. The van der Waals surface area contributed by atoms with Crippen LogP contribution in [0.15, 0.2) is 18.2 Å². The van der Waals surface area contributed by atoms with Crippen LogP contribution in [0.4, 0.5) is 0 Å². The van der Waals surface area contributed by atoms with Gasteiger partial charge in [-0.15, -0.1) is 0 Å². The number of benzene rings is 1. The largest absolute Gasteiger partial charge is 0.467 e. The molecule has 2 rings (SSSR count). The molecule has 6 heteroatoms. The highest BCUT2D eigenvalue weighted by molar-refractivity contribution is 7.71. The molecule has 4 nitrogen and oxygen atoms in total. The maximum Gasteiger partial charge on any atom is 0.329 e. The van der Waals surface area contributed by atoms with E-state index in [1.165, 1.54) is 7.11 Å². The van der Waals surface area contributed by atoms with Gasteiger partial charge in [-0.05, 0) is 30.3 Å². The number of carbonyl (C=O) groups is 1. The van der Waals surface area contributed by atoms with E-state index >= 15 is 0 Å². The van der Waals surface area contributed by atoms with Crippen LogP contribution in [0.1, 0.15) is 19.9 Å². The van der Waals surface area contributed by atoms with Gasteiger partial charge in [-0.2, -0.15) is 0 Å². The second-order valence-electron chi connectivity index (χ2n) is 4.65. The SMILES string of the molecule is COC(=O)C(C(C)C)n1c(=S)[nH]c2cccc(Cl)c21. The van der Waals surface area contributed by atoms with Gasteiger partial charge < -0.3 is 14.3 Å². The Labute approximate surface area is 121 Å². The van der Waals surface area contributed by atoms with E-state index in [9.17, 15) is 4.79 Å². The van der Waals surface area contributed by atoms with Crippen LogP contribution in [0.2, 0.25) is 5.02 Å². The highest BCUT2D eigenvalue weighted by atomic mass is 35.5. The van der Waals surface area contributed by atoms with E-state index in [1.807, 2.05) is 26.0 Å². The standard InChI is InChI=1S/C13H15ClN2O2S/c1-7(2)10(12(17)18-3)16-11-8(14)5-4-6-9(11)15-13(16)19/h4-7,10H,1-3H3,(H,15,19). The van der Waals surface area contributed by atoms with Crippen LogP contribution < -0.4 is 0 Å². The van der Waals surface area contributed by atoms with Gasteiger partial charge in [0, 0.05) is 0 Å². The zero-order valence-electron chi connectivity index (χ0n) is 10.9. The normalized spacial score (nSPS) is 12.9. The second-order valence-corrected chi connectivity index (χ2v) is 5.44. The van der Waals surface area contributed by atoms with Crippen LogP contribution in [0, 0.1) is 10.7 Å². The lowest BCUT2D eigenvalue weighted by atomic mass is 10.0. The molecule has 102 valence electrons. The molecule has 0 aliphatic heterocycles. The minimum Gasteiger partial charge on any atom is -0.467 e. The van der Waals surface area contributed by atoms with E-state index in [1.54, 1.807) is 10.6 Å². The summed E-state index contributed by atoms with van der Waals surface area (Å²) in [7, 11) is 1.37. The number of para-hydroxylation sites is 1. The lowest BCUT2D eigenvalue weighted by Gasteiger charge is -2.21. The van der Waals surface area contributed by atoms with Crippen molar-refractivity contribution in [3.63, 3.8) is 0 Å². The summed E-state index contributed by atoms with van der Waals surface area (Å²) in [4.78, 5) is 15.1. The number of aromatic nitrogens is 2. The number of aromatic amines is 1. The van der Waals surface area contributed by atoms with E-state index in [0.29, 0.717) is 9.79 Å². The average Bonchev–Trinajstić information content (AvgIpc) is 2.67. The number of imidazole rings is 1. The third-order valence-electron chi connectivity index (χ3n) is 3.04. The van der Waals surface area contributed by atoms with Crippen molar-refractivity contribution < 1.29 is 9.53 Å². The molecule has 0 aliphatic carbocycles. The average molecular weight is 299 g/mol. The summed E-state index contributed by atoms with van der Waals surface area (Å²) in [5.74, 6) is -0.290. The molecule has 1 aromatic carbocycles. The number of hydrogen-bond acceptors (Lipinski definition) is 3. The fraction of sp³-hybridized carbons (Fsp3) is 0.385. The number of methoxy groups -OCH3 is 1. The fourth-order valence-corrected chi connectivity index (χ4v) is 2.78. The maximum absolute atomic E-state index is 12.0. The van der Waals surface area contributed by atoms with Gasteiger partial charge in [-0.3, -0.25) is 0 Å². The van der Waals surface area contributed by atoms with Gasteiger partial charge in [0.15, 0.2) is 4.77 Å². The number of H-pyrrole nitrogens is 1. The van der Waals surface area contributed by atoms with Crippen LogP contribution in [0.5, 0.6) is 0 Å². The molecule has 1 heterocycles. The second kappa shape index (κ2) is 5.35. The van der Waals surface area contributed by atoms with Crippen LogP contribution in [-0.4, -0.2) is 22.6 Å². The van der Waals surface area contributed by atoms with Gasteiger partial charge in [0.05, 0.1) is 23.2 Å². The Balaban J connectivity index is 2.76. The maximum atomic E-state index is 12.0. The molecule has 1 N–H and O–H groups in total. The summed E-state index contributed by atoms with van der Waals surface area (Å²) in [6, 6.07) is 4.99. The van der Waals surface area contributed by atoms with Crippen LogP contribution in [0.3, 0.4) is 0 Å². The molecule has 1 atom stereocenters. The Hall–Kier alpha value is -1.33. The minimum atomic E-state index is -0.494. The molecule has 0 spiro atoms. The van der Waals surface area contributed by atoms with Crippen LogP contribution >= 0.6 is 23.8 Å². The molecule has 1 aromatic heterocycles. The van der Waals surface area contributed by atoms with Crippen LogP contribution in [-0.2, 0) is 9.53 Å². The van der Waals surface area contributed by atoms with Gasteiger partial charge in [0.2, 0.25) is 0 Å². The monoisotopic (exact) mass is 298 g/mol. The molecule has 2 aromatic rings. The zero-order chi connectivity index (χ0) is 14.2. The molecule has 19 heavy (non-hydrogen) atoms. The topological polar surface area (TPSA) is 47.0 Å². The number of fused-ring (bicyclic) bond motifs is 1. The summed E-state index contributed by atoms with van der Waals surface area (Å²) >= 11 is 11.5. The van der Waals surface area contributed by atoms with Crippen LogP contribution in [0.25, 0.3) is 11.0 Å². The van der Waals surface area contributed by atoms with E-state index in [2.05, 4.69) is 4.98 Å². The lowest BCUT2D eigenvalue weighted by Crippen LogP contribution is -2.25. The molecule has 1 unspecified atom stereocenters. The van der Waals surface area contributed by atoms with Gasteiger partial charge in [0.25, 0.3) is 0 Å². The van der Waals surface area contributed by atoms with Gasteiger partial charge in [-0.25, -0.2) is 4.79 Å². The van der Waals surface area contributed by atoms with E-state index in [0.717, 1.165) is 11.0 Å². The highest BCUT2D eigenvalue weighted by Crippen LogP contribution is 2.30. The third kappa shape index (κ3) is 2.40. The summed E-state index contributed by atoms with van der Waals surface area (Å²) in [6.45, 7) is 3.89. The van der Waals surface area contributed by atoms with Crippen molar-refractivity contribution in [1.29, 1.82) is 0 Å². The number of halogens is 1. The summed E-state index contributed by atoms with van der Waals surface area (Å²) in [5, 5.41) is 0.555. The van der Waals surface area contributed by atoms with E-state index < -0.39 is 6.04 Å². The first-order valence-corrected chi connectivity index (χ1v) is 6.72. The quantitative estimate of drug-likeness (QED) is 0.694. The molecule has 0 fully saturated rings. The van der Waals surface area contributed by atoms with Crippen molar-refractivity contribution in [3.8, 4) is 0 Å². The summed E-state index contributed by atoms with van der Waals surface area (Å²) < 4.78 is 7.08. The Bertz CT molecular complexity index is 675. The zero-order valence-corrected chi connectivity index (χ0v) is 12.5. The molecular weight excluding hydrogens is 284 g/mol. The number of nitrogens with zero attached hydrogens (tertiary/aromatic N) is 1. The molecule has 0 saturated carbocycles. The molecule has 0 aliphatic rings. The number of rotatable bonds is 3. The summed E-state index contributed by atoms with van der Waals surface area (Å²) in [6.07, 6.45) is 0. The van der Waals surface area contributed by atoms with Gasteiger partial charge in [0.1, 0.15) is 6.04 Å². The lowest BCUT2D eigenvalue weighted by molar-refractivity contribution is -0.145. The molecule has 0 amide bonds. The highest BCUT2D eigenvalue weighted by Gasteiger charge is 2.28.